The molecule has 4 aromatic rings. The highest BCUT2D eigenvalue weighted by atomic mass is 79.9. The van der Waals surface area contributed by atoms with Crippen LogP contribution in [0.1, 0.15) is 67.6 Å². The highest BCUT2D eigenvalue weighted by molar-refractivity contribution is 9.10. The average molecular weight is 748 g/mol. The Morgan fingerprint density at radius 2 is 1.82 bits per heavy atom. The van der Waals surface area contributed by atoms with Crippen LogP contribution >= 0.6 is 15.9 Å². The fourth-order valence-electron chi connectivity index (χ4n) is 6.80. The molecule has 2 aromatic heterocycles. The molecule has 0 saturated carbocycles. The zero-order chi connectivity index (χ0) is 34.8. The summed E-state index contributed by atoms with van der Waals surface area (Å²) in [4.78, 5) is 23.1. The molecule has 0 radical (unpaired) electrons. The van der Waals surface area contributed by atoms with E-state index < -0.39 is 19.6 Å². The Morgan fingerprint density at radius 3 is 2.57 bits per heavy atom. The molecule has 262 valence electrons. The number of esters is 1. The van der Waals surface area contributed by atoms with Gasteiger partial charge in [0.1, 0.15) is 35.0 Å². The molecule has 2 aliphatic rings. The van der Waals surface area contributed by atoms with Crippen molar-refractivity contribution in [3.8, 4) is 11.5 Å². The Balaban J connectivity index is 1.19. The van der Waals surface area contributed by atoms with E-state index in [1.807, 2.05) is 61.9 Å². The van der Waals surface area contributed by atoms with Gasteiger partial charge in [0.25, 0.3) is 0 Å². The Kier molecular flexibility index (Phi) is 10.9. The monoisotopic (exact) mass is 746 g/mol. The molecule has 10 heteroatoms. The Bertz CT molecular complexity index is 1770. The van der Waals surface area contributed by atoms with Gasteiger partial charge in [-0.1, -0.05) is 54.1 Å². The number of hydrogen-bond acceptors (Lipinski definition) is 7. The number of halogens is 1. The Hall–Kier alpha value is -3.18. The molecule has 0 spiro atoms. The molecular weight excluding hydrogens is 696 g/mol. The largest absolute Gasteiger partial charge is 0.456 e. The summed E-state index contributed by atoms with van der Waals surface area (Å²) in [6.07, 6.45) is 8.53. The number of carbonyl (C=O) groups is 1. The van der Waals surface area contributed by atoms with E-state index in [1.54, 1.807) is 6.20 Å². The first kappa shape index (κ1) is 35.6. The van der Waals surface area contributed by atoms with Crippen LogP contribution in [-0.2, 0) is 22.6 Å². The zero-order valence-corrected chi connectivity index (χ0v) is 32.5. The molecule has 1 unspecified atom stereocenters. The number of piperazine rings is 1. The molecule has 1 aliphatic heterocycles. The van der Waals surface area contributed by atoms with E-state index in [9.17, 15) is 4.79 Å². The van der Waals surface area contributed by atoms with E-state index in [0.717, 1.165) is 62.0 Å². The summed E-state index contributed by atoms with van der Waals surface area (Å²) in [5, 5.41) is 0.949. The number of aromatic nitrogens is 2. The molecule has 0 amide bonds. The molecule has 2 aromatic carbocycles. The normalized spacial score (nSPS) is 17.5. The summed E-state index contributed by atoms with van der Waals surface area (Å²) in [6.45, 7) is 17.6. The number of fused-ring (bicyclic) bond motifs is 2. The molecular formula is C39H51BrN4O4Si. The summed E-state index contributed by atoms with van der Waals surface area (Å²) in [6, 6.07) is 18.1. The number of ether oxygens (including phenoxy) is 3. The van der Waals surface area contributed by atoms with Crippen molar-refractivity contribution in [1.29, 1.82) is 0 Å². The first-order valence-corrected chi connectivity index (χ1v) is 22.2. The summed E-state index contributed by atoms with van der Waals surface area (Å²) < 4.78 is 21.5. The lowest BCUT2D eigenvalue weighted by molar-refractivity contribution is 0.00671. The van der Waals surface area contributed by atoms with Crippen molar-refractivity contribution >= 4 is 46.7 Å². The van der Waals surface area contributed by atoms with Gasteiger partial charge in [0.05, 0.1) is 6.20 Å². The van der Waals surface area contributed by atoms with E-state index in [0.29, 0.717) is 29.8 Å². The third kappa shape index (κ3) is 8.95. The van der Waals surface area contributed by atoms with Crippen LogP contribution in [0.2, 0.25) is 25.7 Å². The second kappa shape index (κ2) is 15.0. The predicted octanol–water partition coefficient (Wildman–Crippen LogP) is 9.45. The lowest BCUT2D eigenvalue weighted by Gasteiger charge is -2.40. The Morgan fingerprint density at radius 1 is 1.02 bits per heavy atom. The Labute approximate surface area is 300 Å². The van der Waals surface area contributed by atoms with Gasteiger partial charge < -0.3 is 23.7 Å². The lowest BCUT2D eigenvalue weighted by atomic mass is 9.97. The van der Waals surface area contributed by atoms with Crippen molar-refractivity contribution in [3.63, 3.8) is 0 Å². The highest BCUT2D eigenvalue weighted by Gasteiger charge is 2.29. The van der Waals surface area contributed by atoms with Gasteiger partial charge >= 0.3 is 5.97 Å². The minimum absolute atomic E-state index is 0.395. The predicted molar refractivity (Wildman–Crippen MR) is 204 cm³/mol. The van der Waals surface area contributed by atoms with Crippen LogP contribution in [0.15, 0.2) is 65.4 Å². The SMILES string of the molecule is CC(C)(C)OC(=O)c1ccc(N2CCN(C3CCCCc4c(Br)cccc43)CC2)cc1Oc1cnc2c(ccn2COCC[Si](C)(C)C)c1. The van der Waals surface area contributed by atoms with E-state index in [4.69, 9.17) is 19.2 Å². The van der Waals surface area contributed by atoms with Gasteiger partial charge in [-0.3, -0.25) is 4.90 Å². The van der Waals surface area contributed by atoms with Crippen molar-refractivity contribution in [2.75, 3.05) is 37.7 Å². The van der Waals surface area contributed by atoms with Gasteiger partial charge in [-0.25, -0.2) is 9.78 Å². The molecule has 49 heavy (non-hydrogen) atoms. The van der Waals surface area contributed by atoms with Crippen LogP contribution in [0, 0.1) is 0 Å². The van der Waals surface area contributed by atoms with Crippen LogP contribution < -0.4 is 9.64 Å². The molecule has 8 nitrogen and oxygen atoms in total. The van der Waals surface area contributed by atoms with Gasteiger partial charge in [0.2, 0.25) is 0 Å². The van der Waals surface area contributed by atoms with Crippen LogP contribution in [0.25, 0.3) is 11.0 Å². The fourth-order valence-corrected chi connectivity index (χ4v) is 8.13. The molecule has 0 N–H and O–H groups in total. The lowest BCUT2D eigenvalue weighted by Crippen LogP contribution is -2.47. The average Bonchev–Trinajstić information content (AvgIpc) is 3.31. The molecule has 1 saturated heterocycles. The molecule has 1 aliphatic carbocycles. The number of nitrogens with zero attached hydrogens (tertiary/aromatic N) is 4. The highest BCUT2D eigenvalue weighted by Crippen LogP contribution is 2.38. The van der Waals surface area contributed by atoms with Gasteiger partial charge in [0.15, 0.2) is 0 Å². The van der Waals surface area contributed by atoms with Crippen LogP contribution in [0.5, 0.6) is 11.5 Å². The standard InChI is InChI=1S/C39H51BrN4O4Si/c1-39(2,3)48-38(45)33-15-14-29(42-18-20-43(21-19-42)35-13-8-7-10-31-32(35)11-9-12-34(31)40)25-36(33)47-30-24-28-16-17-44(37(28)41-26-30)27-46-22-23-49(4,5)6/h9,11-12,14-17,24-26,35H,7-8,10,13,18-23,27H2,1-6H3. The summed E-state index contributed by atoms with van der Waals surface area (Å²) in [7, 11) is -1.15. The van der Waals surface area contributed by atoms with Gasteiger partial charge in [-0.05, 0) is 87.5 Å². The van der Waals surface area contributed by atoms with Crippen LogP contribution in [0.3, 0.4) is 0 Å². The van der Waals surface area contributed by atoms with Gasteiger partial charge in [-0.2, -0.15) is 0 Å². The number of rotatable bonds is 10. The van der Waals surface area contributed by atoms with Crippen molar-refractivity contribution in [1.82, 2.24) is 14.5 Å². The minimum atomic E-state index is -1.15. The summed E-state index contributed by atoms with van der Waals surface area (Å²) in [5.41, 5.74) is 4.59. The second-order valence-corrected chi connectivity index (χ2v) is 22.1. The smallest absolute Gasteiger partial charge is 0.342 e. The molecule has 1 fully saturated rings. The van der Waals surface area contributed by atoms with Crippen molar-refractivity contribution in [3.05, 3.63) is 82.1 Å². The topological polar surface area (TPSA) is 69.1 Å². The third-order valence-electron chi connectivity index (χ3n) is 9.40. The maximum atomic E-state index is 13.4. The molecule has 1 atom stereocenters. The van der Waals surface area contributed by atoms with E-state index in [2.05, 4.69) is 63.6 Å². The quantitative estimate of drug-likeness (QED) is 0.0693. The minimum Gasteiger partial charge on any atom is -0.456 e. The fraction of sp³-hybridized carbons (Fsp3) is 0.487. The second-order valence-electron chi connectivity index (χ2n) is 15.6. The van der Waals surface area contributed by atoms with E-state index in [-0.39, 0.29) is 0 Å². The van der Waals surface area contributed by atoms with Crippen LogP contribution in [0.4, 0.5) is 5.69 Å². The third-order valence-corrected chi connectivity index (χ3v) is 11.9. The van der Waals surface area contributed by atoms with Crippen molar-refractivity contribution in [2.45, 2.75) is 90.5 Å². The molecule has 3 heterocycles. The maximum absolute atomic E-state index is 13.4. The van der Waals surface area contributed by atoms with Crippen molar-refractivity contribution < 1.29 is 19.0 Å². The number of pyridine rings is 1. The van der Waals surface area contributed by atoms with Gasteiger partial charge in [0, 0.05) is 74.7 Å². The maximum Gasteiger partial charge on any atom is 0.342 e. The van der Waals surface area contributed by atoms with Gasteiger partial charge in [-0.15, -0.1) is 0 Å². The number of hydrogen-bond donors (Lipinski definition) is 0. The van der Waals surface area contributed by atoms with E-state index in [1.165, 1.54) is 34.9 Å². The first-order chi connectivity index (χ1) is 23.3. The number of benzene rings is 2. The number of carbonyl (C=O) groups excluding carboxylic acids is 1. The van der Waals surface area contributed by atoms with Crippen molar-refractivity contribution in [2.24, 2.45) is 0 Å². The zero-order valence-electron chi connectivity index (χ0n) is 29.9. The number of anilines is 1. The summed E-state index contributed by atoms with van der Waals surface area (Å²) >= 11 is 3.82. The molecule has 0 bridgehead atoms. The van der Waals surface area contributed by atoms with E-state index >= 15 is 0 Å². The summed E-state index contributed by atoms with van der Waals surface area (Å²) in [5.74, 6) is 0.620. The first-order valence-electron chi connectivity index (χ1n) is 17.7. The van der Waals surface area contributed by atoms with Crippen LogP contribution in [-0.4, -0.2) is 66.9 Å². The molecule has 6 rings (SSSR count).